The molecule has 0 unspecified atom stereocenters. The van der Waals surface area contributed by atoms with Crippen molar-refractivity contribution in [3.8, 4) is 0 Å². The van der Waals surface area contributed by atoms with Crippen molar-refractivity contribution in [3.63, 3.8) is 0 Å². The Kier molecular flexibility index (Phi) is 6.77. The van der Waals surface area contributed by atoms with Gasteiger partial charge in [0.1, 0.15) is 0 Å². The van der Waals surface area contributed by atoms with Crippen molar-refractivity contribution in [1.29, 1.82) is 0 Å². The van der Waals surface area contributed by atoms with E-state index < -0.39 is 10.0 Å². The van der Waals surface area contributed by atoms with Crippen molar-refractivity contribution in [1.82, 2.24) is 15.4 Å². The summed E-state index contributed by atoms with van der Waals surface area (Å²) >= 11 is 1.69. The van der Waals surface area contributed by atoms with E-state index in [1.54, 1.807) is 48.7 Å². The number of sulfonamides is 1. The number of thiophene rings is 1. The van der Waals surface area contributed by atoms with Crippen LogP contribution in [0.25, 0.3) is 0 Å². The second kappa shape index (κ2) is 8.81. The molecular formula is C16H22N4O2S2. The standard InChI is InChI=1S/C16H22N4O2S2/c1-13-8-11-23-15(13)12-19-16(17-2)18-9-10-20-24(21,22)14-6-4-3-5-7-14/h3-8,11,20H,9-10,12H2,1-2H3,(H2,17,18,19). The second-order valence-electron chi connectivity index (χ2n) is 5.09. The lowest BCUT2D eigenvalue weighted by Gasteiger charge is -2.12. The zero-order valence-corrected chi connectivity index (χ0v) is 15.4. The van der Waals surface area contributed by atoms with E-state index in [1.807, 2.05) is 0 Å². The van der Waals surface area contributed by atoms with Crippen LogP contribution < -0.4 is 15.4 Å². The highest BCUT2D eigenvalue weighted by atomic mass is 32.2. The van der Waals surface area contributed by atoms with E-state index >= 15 is 0 Å². The minimum atomic E-state index is -3.47. The Labute approximate surface area is 147 Å². The van der Waals surface area contributed by atoms with Crippen LogP contribution in [0.2, 0.25) is 0 Å². The Morgan fingerprint density at radius 1 is 1.12 bits per heavy atom. The first-order valence-corrected chi connectivity index (χ1v) is 9.91. The molecule has 0 saturated heterocycles. The van der Waals surface area contributed by atoms with Gasteiger partial charge in [0.25, 0.3) is 0 Å². The summed E-state index contributed by atoms with van der Waals surface area (Å²) in [6, 6.07) is 10.4. The summed E-state index contributed by atoms with van der Waals surface area (Å²) in [6.45, 7) is 3.48. The van der Waals surface area contributed by atoms with Gasteiger partial charge in [-0.3, -0.25) is 4.99 Å². The lowest BCUT2D eigenvalue weighted by Crippen LogP contribution is -2.41. The maximum Gasteiger partial charge on any atom is 0.240 e. The fraction of sp³-hybridized carbons (Fsp3) is 0.312. The number of aryl methyl sites for hydroxylation is 1. The average Bonchev–Trinajstić information content (AvgIpc) is 3.00. The van der Waals surface area contributed by atoms with E-state index in [-0.39, 0.29) is 11.4 Å². The molecule has 6 nitrogen and oxygen atoms in total. The molecule has 0 bridgehead atoms. The highest BCUT2D eigenvalue weighted by Crippen LogP contribution is 2.14. The van der Waals surface area contributed by atoms with Gasteiger partial charge in [-0.15, -0.1) is 11.3 Å². The second-order valence-corrected chi connectivity index (χ2v) is 7.86. The van der Waals surface area contributed by atoms with Gasteiger partial charge in [-0.05, 0) is 36.1 Å². The molecule has 0 aliphatic carbocycles. The van der Waals surface area contributed by atoms with Crippen molar-refractivity contribution in [2.75, 3.05) is 20.1 Å². The lowest BCUT2D eigenvalue weighted by molar-refractivity contribution is 0.580. The molecule has 24 heavy (non-hydrogen) atoms. The zero-order valence-electron chi connectivity index (χ0n) is 13.7. The SMILES string of the molecule is CN=C(NCCNS(=O)(=O)c1ccccc1)NCc1sccc1C. The van der Waals surface area contributed by atoms with Crippen molar-refractivity contribution in [2.45, 2.75) is 18.4 Å². The van der Waals surface area contributed by atoms with Crippen molar-refractivity contribution in [2.24, 2.45) is 4.99 Å². The summed E-state index contributed by atoms with van der Waals surface area (Å²) in [7, 11) is -1.78. The highest BCUT2D eigenvalue weighted by molar-refractivity contribution is 7.89. The summed E-state index contributed by atoms with van der Waals surface area (Å²) in [4.78, 5) is 5.65. The molecule has 0 aliphatic rings. The summed E-state index contributed by atoms with van der Waals surface area (Å²) in [5.41, 5.74) is 1.25. The van der Waals surface area contributed by atoms with Gasteiger partial charge in [0.15, 0.2) is 5.96 Å². The monoisotopic (exact) mass is 366 g/mol. The number of nitrogens with zero attached hydrogens (tertiary/aromatic N) is 1. The van der Waals surface area contributed by atoms with Crippen molar-refractivity contribution < 1.29 is 8.42 Å². The predicted molar refractivity (Wildman–Crippen MR) is 98.9 cm³/mol. The molecule has 1 aromatic carbocycles. The van der Waals surface area contributed by atoms with Crippen molar-refractivity contribution in [3.05, 3.63) is 52.2 Å². The van der Waals surface area contributed by atoms with E-state index in [9.17, 15) is 8.42 Å². The molecule has 0 atom stereocenters. The van der Waals surface area contributed by atoms with Crippen LogP contribution in [-0.4, -0.2) is 34.5 Å². The summed E-state index contributed by atoms with van der Waals surface area (Å²) < 4.78 is 26.7. The van der Waals surface area contributed by atoms with Gasteiger partial charge in [-0.2, -0.15) is 0 Å². The van der Waals surface area contributed by atoms with Gasteiger partial charge < -0.3 is 10.6 Å². The van der Waals surface area contributed by atoms with E-state index in [0.717, 1.165) is 0 Å². The minimum absolute atomic E-state index is 0.265. The minimum Gasteiger partial charge on any atom is -0.355 e. The third-order valence-electron chi connectivity index (χ3n) is 3.37. The van der Waals surface area contributed by atoms with E-state index in [2.05, 4.69) is 38.7 Å². The average molecular weight is 367 g/mol. The molecule has 2 rings (SSSR count). The largest absolute Gasteiger partial charge is 0.355 e. The fourth-order valence-corrected chi connectivity index (χ4v) is 3.92. The smallest absolute Gasteiger partial charge is 0.240 e. The third kappa shape index (κ3) is 5.33. The molecule has 0 radical (unpaired) electrons. The Morgan fingerprint density at radius 3 is 2.50 bits per heavy atom. The number of hydrogen-bond acceptors (Lipinski definition) is 4. The predicted octanol–water partition coefficient (Wildman–Crippen LogP) is 1.70. The van der Waals surface area contributed by atoms with Crippen LogP contribution in [0.15, 0.2) is 51.7 Å². The molecule has 0 amide bonds. The van der Waals surface area contributed by atoms with Gasteiger partial charge in [0, 0.05) is 25.0 Å². The van der Waals surface area contributed by atoms with Crippen LogP contribution in [0.1, 0.15) is 10.4 Å². The third-order valence-corrected chi connectivity index (χ3v) is 5.87. The Morgan fingerprint density at radius 2 is 1.88 bits per heavy atom. The van der Waals surface area contributed by atoms with E-state index in [4.69, 9.17) is 0 Å². The molecule has 3 N–H and O–H groups in total. The van der Waals surface area contributed by atoms with Crippen LogP contribution in [0.4, 0.5) is 0 Å². The number of rotatable bonds is 7. The maximum atomic E-state index is 12.1. The topological polar surface area (TPSA) is 82.6 Å². The van der Waals surface area contributed by atoms with Gasteiger partial charge >= 0.3 is 0 Å². The number of hydrogen-bond donors (Lipinski definition) is 3. The van der Waals surface area contributed by atoms with Crippen LogP contribution in [0.3, 0.4) is 0 Å². The van der Waals surface area contributed by atoms with Gasteiger partial charge in [0.05, 0.1) is 11.4 Å². The van der Waals surface area contributed by atoms with Crippen LogP contribution in [-0.2, 0) is 16.6 Å². The molecule has 8 heteroatoms. The molecule has 0 saturated carbocycles. The number of nitrogens with one attached hydrogen (secondary N) is 3. The van der Waals surface area contributed by atoms with E-state index in [0.29, 0.717) is 19.0 Å². The molecular weight excluding hydrogens is 344 g/mol. The first kappa shape index (κ1) is 18.4. The Bertz CT molecular complexity index is 770. The molecule has 2 aromatic rings. The van der Waals surface area contributed by atoms with Crippen LogP contribution >= 0.6 is 11.3 Å². The molecule has 130 valence electrons. The Hall–Kier alpha value is -1.90. The fourth-order valence-electron chi connectivity index (χ4n) is 2.02. The molecule has 0 spiro atoms. The molecule has 1 heterocycles. The molecule has 0 aliphatic heterocycles. The quantitative estimate of drug-likeness (QED) is 0.396. The lowest BCUT2D eigenvalue weighted by atomic mass is 10.3. The number of aliphatic imine (C=N–C) groups is 1. The number of guanidine groups is 1. The normalized spacial score (nSPS) is 12.2. The molecule has 0 fully saturated rings. The highest BCUT2D eigenvalue weighted by Gasteiger charge is 2.12. The van der Waals surface area contributed by atoms with Crippen molar-refractivity contribution >= 4 is 27.3 Å². The summed E-state index contributed by atoms with van der Waals surface area (Å²) in [5.74, 6) is 0.640. The maximum absolute atomic E-state index is 12.1. The van der Waals surface area contributed by atoms with Gasteiger partial charge in [-0.1, -0.05) is 18.2 Å². The van der Waals surface area contributed by atoms with Gasteiger partial charge in [0.2, 0.25) is 10.0 Å². The first-order valence-electron chi connectivity index (χ1n) is 7.55. The number of benzene rings is 1. The van der Waals surface area contributed by atoms with Crippen LogP contribution in [0, 0.1) is 6.92 Å². The van der Waals surface area contributed by atoms with Crippen LogP contribution in [0.5, 0.6) is 0 Å². The Balaban J connectivity index is 1.75. The molecule has 1 aromatic heterocycles. The van der Waals surface area contributed by atoms with E-state index in [1.165, 1.54) is 10.4 Å². The first-order chi connectivity index (χ1) is 11.5. The summed E-state index contributed by atoms with van der Waals surface area (Å²) in [6.07, 6.45) is 0. The zero-order chi connectivity index (χ0) is 17.4. The summed E-state index contributed by atoms with van der Waals surface area (Å²) in [5, 5.41) is 8.36. The van der Waals surface area contributed by atoms with Gasteiger partial charge in [-0.25, -0.2) is 13.1 Å².